The number of nitrogens with zero attached hydrogens (tertiary/aromatic N) is 2. The molecule has 2 aromatic rings. The fraction of sp³-hybridized carbons (Fsp3) is 0. The third-order valence-electron chi connectivity index (χ3n) is 2.62. The van der Waals surface area contributed by atoms with Crippen molar-refractivity contribution in [2.45, 2.75) is 0 Å². The Kier molecular flexibility index (Phi) is 4.10. The van der Waals surface area contributed by atoms with Crippen LogP contribution >= 0.6 is 0 Å². The Hall–Kier alpha value is -3.13. The predicted octanol–water partition coefficient (Wildman–Crippen LogP) is 2.85. The summed E-state index contributed by atoms with van der Waals surface area (Å²) < 4.78 is 0. The SMILES string of the molecule is O=C=Nc1cccc(C(=O)c2ccccc2)c1N=C=O. The number of para-hydroxylation sites is 1. The maximum absolute atomic E-state index is 12.4. The molecule has 0 spiro atoms. The first kappa shape index (κ1) is 13.3. The van der Waals surface area contributed by atoms with Crippen LogP contribution in [0.5, 0.6) is 0 Å². The van der Waals surface area contributed by atoms with Crippen molar-refractivity contribution in [1.82, 2.24) is 0 Å². The number of carbonyl (C=O) groups is 1. The predicted molar refractivity (Wildman–Crippen MR) is 71.9 cm³/mol. The second-order valence-corrected chi connectivity index (χ2v) is 3.77. The van der Waals surface area contributed by atoms with Gasteiger partial charge >= 0.3 is 0 Å². The zero-order chi connectivity index (χ0) is 14.4. The summed E-state index contributed by atoms with van der Waals surface area (Å²) in [7, 11) is 0. The van der Waals surface area contributed by atoms with Crippen LogP contribution in [-0.4, -0.2) is 17.9 Å². The topological polar surface area (TPSA) is 75.9 Å². The summed E-state index contributed by atoms with van der Waals surface area (Å²) in [6.45, 7) is 0. The van der Waals surface area contributed by atoms with Crippen LogP contribution in [0.15, 0.2) is 58.5 Å². The minimum Gasteiger partial charge on any atom is -0.289 e. The Morgan fingerprint density at radius 1 is 0.850 bits per heavy atom. The van der Waals surface area contributed by atoms with Gasteiger partial charge in [0.2, 0.25) is 12.2 Å². The third kappa shape index (κ3) is 2.65. The zero-order valence-electron chi connectivity index (χ0n) is 10.2. The molecule has 0 radical (unpaired) electrons. The summed E-state index contributed by atoms with van der Waals surface area (Å²) in [5.41, 5.74) is 0.739. The molecular weight excluding hydrogens is 256 g/mol. The molecule has 0 heterocycles. The Bertz CT molecular complexity index is 741. The van der Waals surface area contributed by atoms with Crippen molar-refractivity contribution in [3.63, 3.8) is 0 Å². The summed E-state index contributed by atoms with van der Waals surface area (Å²) in [4.78, 5) is 40.1. The molecule has 2 aromatic carbocycles. The molecule has 0 fully saturated rings. The molecule has 5 heteroatoms. The number of isocyanates is 2. The van der Waals surface area contributed by atoms with Crippen LogP contribution < -0.4 is 0 Å². The van der Waals surface area contributed by atoms with Gasteiger partial charge in [-0.3, -0.25) is 4.79 Å². The molecule has 0 bridgehead atoms. The van der Waals surface area contributed by atoms with Gasteiger partial charge in [0.25, 0.3) is 0 Å². The van der Waals surface area contributed by atoms with Gasteiger partial charge in [-0.1, -0.05) is 36.4 Å². The normalized spacial score (nSPS) is 9.20. The maximum Gasteiger partial charge on any atom is 0.240 e. The molecule has 0 aliphatic carbocycles. The quantitative estimate of drug-likeness (QED) is 0.484. The van der Waals surface area contributed by atoms with E-state index in [1.54, 1.807) is 36.4 Å². The van der Waals surface area contributed by atoms with Gasteiger partial charge in [-0.25, -0.2) is 9.59 Å². The average molecular weight is 264 g/mol. The van der Waals surface area contributed by atoms with Gasteiger partial charge in [0.1, 0.15) is 11.4 Å². The highest BCUT2D eigenvalue weighted by molar-refractivity contribution is 6.13. The van der Waals surface area contributed by atoms with Crippen LogP contribution in [0.4, 0.5) is 11.4 Å². The Morgan fingerprint density at radius 2 is 1.55 bits per heavy atom. The molecule has 2 rings (SSSR count). The van der Waals surface area contributed by atoms with Gasteiger partial charge in [0.15, 0.2) is 5.78 Å². The Morgan fingerprint density at radius 3 is 2.20 bits per heavy atom. The first-order chi connectivity index (χ1) is 9.77. The van der Waals surface area contributed by atoms with Crippen LogP contribution in [0.1, 0.15) is 15.9 Å². The minimum atomic E-state index is -0.317. The number of carbonyl (C=O) groups excluding carboxylic acids is 3. The molecule has 0 saturated heterocycles. The summed E-state index contributed by atoms with van der Waals surface area (Å²) in [6.07, 6.45) is 2.73. The van der Waals surface area contributed by atoms with Crippen molar-refractivity contribution in [3.8, 4) is 0 Å². The average Bonchev–Trinajstić information content (AvgIpc) is 2.49. The van der Waals surface area contributed by atoms with E-state index in [0.717, 1.165) is 0 Å². The number of ketones is 1. The minimum absolute atomic E-state index is 0.0136. The number of aliphatic imine (C=N–C) groups is 2. The summed E-state index contributed by atoms with van der Waals surface area (Å²) >= 11 is 0. The van der Waals surface area contributed by atoms with Crippen molar-refractivity contribution >= 4 is 29.3 Å². The fourth-order valence-corrected chi connectivity index (χ4v) is 1.76. The zero-order valence-corrected chi connectivity index (χ0v) is 10.2. The van der Waals surface area contributed by atoms with Crippen LogP contribution in [0.3, 0.4) is 0 Å². The Labute approximate surface area is 114 Å². The molecule has 0 aliphatic rings. The maximum atomic E-state index is 12.4. The summed E-state index contributed by atoms with van der Waals surface area (Å²) in [5.74, 6) is -0.317. The van der Waals surface area contributed by atoms with E-state index in [-0.39, 0.29) is 22.7 Å². The second kappa shape index (κ2) is 6.16. The lowest BCUT2D eigenvalue weighted by Gasteiger charge is -2.05. The molecule has 20 heavy (non-hydrogen) atoms. The molecule has 96 valence electrons. The van der Waals surface area contributed by atoms with E-state index < -0.39 is 0 Å². The van der Waals surface area contributed by atoms with E-state index >= 15 is 0 Å². The number of hydrogen-bond acceptors (Lipinski definition) is 5. The highest BCUT2D eigenvalue weighted by Gasteiger charge is 2.16. The summed E-state index contributed by atoms with van der Waals surface area (Å²) in [5, 5.41) is 0. The van der Waals surface area contributed by atoms with Gasteiger partial charge in [-0.15, -0.1) is 0 Å². The van der Waals surface area contributed by atoms with Gasteiger partial charge < -0.3 is 0 Å². The van der Waals surface area contributed by atoms with Crippen molar-refractivity contribution < 1.29 is 14.4 Å². The van der Waals surface area contributed by atoms with Crippen molar-refractivity contribution in [3.05, 3.63) is 59.7 Å². The number of benzene rings is 2. The highest BCUT2D eigenvalue weighted by atomic mass is 16.1. The van der Waals surface area contributed by atoms with Gasteiger partial charge in [-0.05, 0) is 12.1 Å². The van der Waals surface area contributed by atoms with Crippen LogP contribution in [-0.2, 0) is 9.59 Å². The van der Waals surface area contributed by atoms with E-state index in [1.807, 2.05) is 0 Å². The highest BCUT2D eigenvalue weighted by Crippen LogP contribution is 2.32. The molecule has 0 aromatic heterocycles. The van der Waals surface area contributed by atoms with Crippen LogP contribution in [0, 0.1) is 0 Å². The molecular formula is C15H8N2O3. The number of hydrogen-bond donors (Lipinski definition) is 0. The lowest BCUT2D eigenvalue weighted by atomic mass is 10.0. The summed E-state index contributed by atoms with van der Waals surface area (Å²) in [6, 6.07) is 13.0. The lowest BCUT2D eigenvalue weighted by molar-refractivity contribution is 0.103. The lowest BCUT2D eigenvalue weighted by Crippen LogP contribution is -2.01. The molecule has 5 nitrogen and oxygen atoms in total. The molecule has 0 atom stereocenters. The molecule has 0 saturated carbocycles. The largest absolute Gasteiger partial charge is 0.289 e. The Balaban J connectivity index is 2.62. The van der Waals surface area contributed by atoms with Gasteiger partial charge in [0, 0.05) is 5.56 Å². The van der Waals surface area contributed by atoms with Crippen molar-refractivity contribution in [1.29, 1.82) is 0 Å². The van der Waals surface area contributed by atoms with Crippen molar-refractivity contribution in [2.75, 3.05) is 0 Å². The first-order valence-corrected chi connectivity index (χ1v) is 5.66. The van der Waals surface area contributed by atoms with E-state index in [9.17, 15) is 14.4 Å². The van der Waals surface area contributed by atoms with E-state index in [0.29, 0.717) is 5.56 Å². The fourth-order valence-electron chi connectivity index (χ4n) is 1.76. The van der Waals surface area contributed by atoms with Gasteiger partial charge in [-0.2, -0.15) is 9.98 Å². The molecule has 0 unspecified atom stereocenters. The van der Waals surface area contributed by atoms with Gasteiger partial charge in [0.05, 0.1) is 5.56 Å². The number of rotatable bonds is 4. The standard InChI is InChI=1S/C15H8N2O3/c18-9-16-13-8-4-7-12(14(13)17-10-19)15(20)11-5-2-1-3-6-11/h1-8H. The third-order valence-corrected chi connectivity index (χ3v) is 2.62. The molecule has 0 aliphatic heterocycles. The van der Waals surface area contributed by atoms with E-state index in [4.69, 9.17) is 0 Å². The smallest absolute Gasteiger partial charge is 0.240 e. The first-order valence-electron chi connectivity index (χ1n) is 5.66. The van der Waals surface area contributed by atoms with Crippen molar-refractivity contribution in [2.24, 2.45) is 9.98 Å². The van der Waals surface area contributed by atoms with E-state index in [2.05, 4.69) is 9.98 Å². The van der Waals surface area contributed by atoms with Crippen LogP contribution in [0.2, 0.25) is 0 Å². The van der Waals surface area contributed by atoms with E-state index in [1.165, 1.54) is 24.3 Å². The molecule has 0 N–H and O–H groups in total. The molecule has 0 amide bonds. The second-order valence-electron chi connectivity index (χ2n) is 3.77. The van der Waals surface area contributed by atoms with Crippen LogP contribution in [0.25, 0.3) is 0 Å². The monoisotopic (exact) mass is 264 g/mol.